The second kappa shape index (κ2) is 6.21. The Kier molecular flexibility index (Phi) is 5.17. The minimum Gasteiger partial charge on any atom is -0.325 e. The molecule has 1 heterocycles. The molecule has 1 saturated heterocycles. The van der Waals surface area contributed by atoms with Gasteiger partial charge >= 0.3 is 6.03 Å². The molecule has 0 aromatic rings. The highest BCUT2D eigenvalue weighted by atomic mass is 16.2. The molecule has 1 unspecified atom stereocenters. The van der Waals surface area contributed by atoms with Crippen molar-refractivity contribution in [2.24, 2.45) is 11.8 Å². The molecule has 1 fully saturated rings. The summed E-state index contributed by atoms with van der Waals surface area (Å²) in [4.78, 5) is 28.0. The highest BCUT2D eigenvalue weighted by Crippen LogP contribution is 2.20. The number of urea groups is 1. The van der Waals surface area contributed by atoms with Gasteiger partial charge in [-0.15, -0.1) is 0 Å². The summed E-state index contributed by atoms with van der Waals surface area (Å²) in [7, 11) is 1.76. The van der Waals surface area contributed by atoms with Crippen LogP contribution in [0.25, 0.3) is 0 Å². The van der Waals surface area contributed by atoms with E-state index in [9.17, 15) is 9.59 Å². The summed E-state index contributed by atoms with van der Waals surface area (Å²) < 4.78 is 0. The molecule has 1 aliphatic heterocycles. The lowest BCUT2D eigenvalue weighted by Crippen LogP contribution is -2.55. The number of hydrogen-bond acceptors (Lipinski definition) is 2. The van der Waals surface area contributed by atoms with Gasteiger partial charge in [0.2, 0.25) is 0 Å². The highest BCUT2D eigenvalue weighted by molar-refractivity contribution is 5.90. The summed E-state index contributed by atoms with van der Waals surface area (Å²) in [6.07, 6.45) is 1.90. The molecule has 0 aromatic heterocycles. The molecule has 2 amide bonds. The summed E-state index contributed by atoms with van der Waals surface area (Å²) in [6.45, 7) is 9.61. The normalized spacial score (nSPS) is 18.2. The van der Waals surface area contributed by atoms with Crippen LogP contribution in [0.1, 0.15) is 40.5 Å². The Morgan fingerprint density at radius 2 is 1.78 bits per heavy atom. The topological polar surface area (TPSA) is 40.6 Å². The molecule has 0 aliphatic carbocycles. The van der Waals surface area contributed by atoms with E-state index in [1.54, 1.807) is 16.8 Å². The minimum absolute atomic E-state index is 0.00315. The smallest absolute Gasteiger partial charge is 0.320 e. The number of hydrogen-bond donors (Lipinski definition) is 0. The van der Waals surface area contributed by atoms with Crippen LogP contribution in [0, 0.1) is 11.8 Å². The Balaban J connectivity index is 2.77. The molecule has 0 spiro atoms. The second-order valence-corrected chi connectivity index (χ2v) is 5.63. The number of likely N-dealkylation sites (tertiary alicyclic amines) is 1. The fourth-order valence-corrected chi connectivity index (χ4v) is 2.31. The van der Waals surface area contributed by atoms with Crippen molar-refractivity contribution >= 4 is 11.8 Å². The van der Waals surface area contributed by atoms with Crippen molar-refractivity contribution in [1.82, 2.24) is 9.80 Å². The maximum atomic E-state index is 12.4. The van der Waals surface area contributed by atoms with Crippen LogP contribution < -0.4 is 0 Å². The monoisotopic (exact) mass is 254 g/mol. The second-order valence-electron chi connectivity index (χ2n) is 5.63. The van der Waals surface area contributed by atoms with E-state index in [-0.39, 0.29) is 29.7 Å². The molecule has 18 heavy (non-hydrogen) atoms. The van der Waals surface area contributed by atoms with Gasteiger partial charge in [-0.05, 0) is 18.8 Å². The van der Waals surface area contributed by atoms with Crippen molar-refractivity contribution in [3.8, 4) is 0 Å². The standard InChI is InChI=1S/C14H26N2O2/c1-6-11(4)13(17)12(10(2)3)15(5)14(18)16-8-7-9-16/h10-12H,6-9H2,1-5H3/t11?,12-/m0/s1. The number of rotatable bonds is 5. The van der Waals surface area contributed by atoms with Gasteiger partial charge in [0.25, 0.3) is 0 Å². The van der Waals surface area contributed by atoms with Crippen LogP contribution in [0.4, 0.5) is 4.79 Å². The van der Waals surface area contributed by atoms with Gasteiger partial charge in [0, 0.05) is 26.1 Å². The van der Waals surface area contributed by atoms with E-state index in [1.165, 1.54) is 0 Å². The van der Waals surface area contributed by atoms with Crippen molar-refractivity contribution in [2.75, 3.05) is 20.1 Å². The number of likely N-dealkylation sites (N-methyl/N-ethyl adjacent to an activating group) is 1. The minimum atomic E-state index is -0.298. The fraction of sp³-hybridized carbons (Fsp3) is 0.857. The molecule has 4 nitrogen and oxygen atoms in total. The lowest BCUT2D eigenvalue weighted by molar-refractivity contribution is -0.128. The molecule has 2 atom stereocenters. The zero-order valence-corrected chi connectivity index (χ0v) is 12.3. The molecule has 0 radical (unpaired) electrons. The van der Waals surface area contributed by atoms with E-state index >= 15 is 0 Å². The largest absolute Gasteiger partial charge is 0.325 e. The van der Waals surface area contributed by atoms with Crippen LogP contribution in [0.15, 0.2) is 0 Å². The Bertz CT molecular complexity index is 311. The number of amides is 2. The summed E-state index contributed by atoms with van der Waals surface area (Å²) in [5.41, 5.74) is 0. The predicted octanol–water partition coefficient (Wildman–Crippen LogP) is 2.38. The first-order valence-electron chi connectivity index (χ1n) is 6.95. The van der Waals surface area contributed by atoms with Gasteiger partial charge in [0.1, 0.15) is 0 Å². The fourth-order valence-electron chi connectivity index (χ4n) is 2.31. The first-order valence-corrected chi connectivity index (χ1v) is 6.95. The summed E-state index contributed by atoms with van der Waals surface area (Å²) in [6, 6.07) is -0.301. The third kappa shape index (κ3) is 3.03. The van der Waals surface area contributed by atoms with Gasteiger partial charge in [0.15, 0.2) is 5.78 Å². The van der Waals surface area contributed by atoms with Gasteiger partial charge in [-0.25, -0.2) is 4.79 Å². The van der Waals surface area contributed by atoms with E-state index < -0.39 is 0 Å². The Morgan fingerprint density at radius 1 is 1.22 bits per heavy atom. The van der Waals surface area contributed by atoms with Crippen molar-refractivity contribution in [3.63, 3.8) is 0 Å². The predicted molar refractivity (Wildman–Crippen MR) is 72.4 cm³/mol. The molecule has 0 saturated carbocycles. The van der Waals surface area contributed by atoms with E-state index in [4.69, 9.17) is 0 Å². The van der Waals surface area contributed by atoms with E-state index in [0.29, 0.717) is 0 Å². The zero-order valence-electron chi connectivity index (χ0n) is 12.3. The quantitative estimate of drug-likeness (QED) is 0.756. The molecule has 0 N–H and O–H groups in total. The Labute approximate surface area is 110 Å². The molecule has 104 valence electrons. The average Bonchev–Trinajstić information content (AvgIpc) is 2.24. The maximum Gasteiger partial charge on any atom is 0.320 e. The third-order valence-electron chi connectivity index (χ3n) is 3.87. The van der Waals surface area contributed by atoms with Crippen molar-refractivity contribution < 1.29 is 9.59 Å². The first kappa shape index (κ1) is 15.0. The molecule has 1 aliphatic rings. The summed E-state index contributed by atoms with van der Waals surface area (Å²) in [5.74, 6) is 0.356. The average molecular weight is 254 g/mol. The van der Waals surface area contributed by atoms with Gasteiger partial charge in [0.05, 0.1) is 6.04 Å². The van der Waals surface area contributed by atoms with Crippen molar-refractivity contribution in [2.45, 2.75) is 46.6 Å². The Hall–Kier alpha value is -1.06. The first-order chi connectivity index (χ1) is 8.40. The number of carbonyl (C=O) groups is 2. The maximum absolute atomic E-state index is 12.4. The third-order valence-corrected chi connectivity index (χ3v) is 3.87. The number of ketones is 1. The van der Waals surface area contributed by atoms with Gasteiger partial charge in [-0.2, -0.15) is 0 Å². The summed E-state index contributed by atoms with van der Waals surface area (Å²) >= 11 is 0. The molecule has 1 rings (SSSR count). The lowest BCUT2D eigenvalue weighted by Gasteiger charge is -2.39. The van der Waals surface area contributed by atoms with Gasteiger partial charge < -0.3 is 9.80 Å². The van der Waals surface area contributed by atoms with Crippen LogP contribution in [0.3, 0.4) is 0 Å². The number of nitrogens with zero attached hydrogens (tertiary/aromatic N) is 2. The van der Waals surface area contributed by atoms with Crippen LogP contribution in [-0.4, -0.2) is 47.8 Å². The van der Waals surface area contributed by atoms with Gasteiger partial charge in [-0.1, -0.05) is 27.7 Å². The molecule has 0 bridgehead atoms. The van der Waals surface area contributed by atoms with Crippen LogP contribution >= 0.6 is 0 Å². The molecular weight excluding hydrogens is 228 g/mol. The highest BCUT2D eigenvalue weighted by Gasteiger charge is 2.34. The molecule has 4 heteroatoms. The van der Waals surface area contributed by atoms with Crippen molar-refractivity contribution in [3.05, 3.63) is 0 Å². The van der Waals surface area contributed by atoms with Crippen LogP contribution in [0.2, 0.25) is 0 Å². The SMILES string of the molecule is CCC(C)C(=O)[C@H](C(C)C)N(C)C(=O)N1CCC1. The molecule has 0 aromatic carbocycles. The van der Waals surface area contributed by atoms with Crippen LogP contribution in [0.5, 0.6) is 0 Å². The van der Waals surface area contributed by atoms with E-state index in [2.05, 4.69) is 0 Å². The van der Waals surface area contributed by atoms with Gasteiger partial charge in [-0.3, -0.25) is 4.79 Å². The lowest BCUT2D eigenvalue weighted by atomic mass is 9.89. The van der Waals surface area contributed by atoms with E-state index in [1.807, 2.05) is 27.7 Å². The number of Topliss-reactive ketones (excluding diaryl/α,β-unsaturated/α-hetero) is 1. The number of carbonyl (C=O) groups excluding carboxylic acids is 2. The van der Waals surface area contributed by atoms with Crippen molar-refractivity contribution in [1.29, 1.82) is 0 Å². The molecular formula is C14H26N2O2. The Morgan fingerprint density at radius 3 is 2.11 bits per heavy atom. The summed E-state index contributed by atoms with van der Waals surface area (Å²) in [5, 5.41) is 0. The zero-order chi connectivity index (χ0) is 13.9. The van der Waals surface area contributed by atoms with Crippen LogP contribution in [-0.2, 0) is 4.79 Å². The van der Waals surface area contributed by atoms with E-state index in [0.717, 1.165) is 25.9 Å².